The molecule has 0 heterocycles. The second-order valence-electron chi connectivity index (χ2n) is 5.01. The number of aliphatic hydroxyl groups is 1. The topological polar surface area (TPSA) is 67.8 Å². The number of hydrogen-bond acceptors (Lipinski definition) is 5. The van der Waals surface area contributed by atoms with Crippen molar-refractivity contribution in [2.75, 3.05) is 14.2 Å². The Bertz CT molecular complexity index is 432. The lowest BCUT2D eigenvalue weighted by Crippen LogP contribution is -2.50. The van der Waals surface area contributed by atoms with Gasteiger partial charge in [0, 0.05) is 6.42 Å². The van der Waals surface area contributed by atoms with E-state index in [1.807, 2.05) is 6.92 Å². The Balaban J connectivity index is 2.65. The van der Waals surface area contributed by atoms with Crippen LogP contribution in [0.4, 0.5) is 0 Å². The largest absolute Gasteiger partial charge is 0.491 e. The summed E-state index contributed by atoms with van der Waals surface area (Å²) in [5.41, 5.74) is 0.0544. The molecule has 0 saturated carbocycles. The molecule has 2 atom stereocenters. The number of carbonyl (C=O) groups is 1. The lowest BCUT2D eigenvalue weighted by atomic mass is 9.95. The fourth-order valence-corrected chi connectivity index (χ4v) is 2.04. The fourth-order valence-electron chi connectivity index (χ4n) is 2.04. The number of esters is 1. The highest BCUT2D eigenvalue weighted by Crippen LogP contribution is 2.20. The van der Waals surface area contributed by atoms with Gasteiger partial charge in [0.25, 0.3) is 0 Å². The van der Waals surface area contributed by atoms with Gasteiger partial charge in [0.1, 0.15) is 11.3 Å². The number of benzene rings is 1. The maximum atomic E-state index is 11.8. The van der Waals surface area contributed by atoms with Crippen molar-refractivity contribution in [3.8, 4) is 5.75 Å². The van der Waals surface area contributed by atoms with Crippen LogP contribution >= 0.6 is 0 Å². The molecular formula is C15H23NO4. The van der Waals surface area contributed by atoms with Crippen molar-refractivity contribution in [3.05, 3.63) is 29.8 Å². The summed E-state index contributed by atoms with van der Waals surface area (Å²) in [7, 11) is 3.09. The number of carbonyl (C=O) groups excluding carboxylic acids is 1. The lowest BCUT2D eigenvalue weighted by Gasteiger charge is -2.29. The number of nitrogens with one attached hydrogen (secondary N) is 1. The molecule has 112 valence electrons. The van der Waals surface area contributed by atoms with E-state index in [2.05, 4.69) is 5.32 Å². The minimum Gasteiger partial charge on any atom is -0.491 e. The number of hydrogen-bond donors (Lipinski definition) is 2. The van der Waals surface area contributed by atoms with Crippen LogP contribution in [-0.2, 0) is 16.1 Å². The van der Waals surface area contributed by atoms with E-state index in [4.69, 9.17) is 14.6 Å². The predicted octanol–water partition coefficient (Wildman–Crippen LogP) is 1.49. The molecular weight excluding hydrogens is 258 g/mol. The van der Waals surface area contributed by atoms with Gasteiger partial charge >= 0.3 is 5.97 Å². The average molecular weight is 281 g/mol. The highest BCUT2D eigenvalue weighted by Gasteiger charge is 2.34. The van der Waals surface area contributed by atoms with Gasteiger partial charge in [-0.3, -0.25) is 4.79 Å². The molecule has 0 amide bonds. The van der Waals surface area contributed by atoms with Crippen LogP contribution in [0.1, 0.15) is 25.8 Å². The van der Waals surface area contributed by atoms with Crippen molar-refractivity contribution < 1.29 is 19.4 Å². The molecule has 1 aromatic rings. The summed E-state index contributed by atoms with van der Waals surface area (Å²) >= 11 is 0. The molecule has 2 N–H and O–H groups in total. The highest BCUT2D eigenvalue weighted by molar-refractivity contribution is 5.80. The summed E-state index contributed by atoms with van der Waals surface area (Å²) in [5.74, 6) is 0.393. The van der Waals surface area contributed by atoms with Gasteiger partial charge < -0.3 is 19.9 Å². The number of methoxy groups -OCH3 is 1. The molecule has 5 heteroatoms. The zero-order valence-corrected chi connectivity index (χ0v) is 12.5. The van der Waals surface area contributed by atoms with E-state index in [1.165, 1.54) is 7.11 Å². The van der Waals surface area contributed by atoms with Gasteiger partial charge in [-0.25, -0.2) is 0 Å². The molecule has 0 aliphatic rings. The fraction of sp³-hybridized carbons (Fsp3) is 0.533. The molecule has 0 aliphatic carbocycles. The molecule has 2 unspecified atom stereocenters. The Hall–Kier alpha value is -1.59. The first-order valence-corrected chi connectivity index (χ1v) is 6.59. The average Bonchev–Trinajstić information content (AvgIpc) is 2.46. The van der Waals surface area contributed by atoms with Crippen LogP contribution in [0.5, 0.6) is 5.75 Å². The van der Waals surface area contributed by atoms with Crippen molar-refractivity contribution >= 4 is 5.97 Å². The van der Waals surface area contributed by atoms with Gasteiger partial charge in [0.15, 0.2) is 0 Å². The highest BCUT2D eigenvalue weighted by atomic mass is 16.5. The monoisotopic (exact) mass is 281 g/mol. The Labute approximate surface area is 119 Å². The molecule has 0 aliphatic heterocycles. The van der Waals surface area contributed by atoms with Crippen LogP contribution in [0, 0.1) is 0 Å². The Morgan fingerprint density at radius 1 is 1.40 bits per heavy atom. The minimum atomic E-state index is -0.779. The smallest absolute Gasteiger partial charge is 0.325 e. The van der Waals surface area contributed by atoms with E-state index < -0.39 is 5.54 Å². The van der Waals surface area contributed by atoms with Gasteiger partial charge in [0.05, 0.1) is 19.8 Å². The molecule has 0 saturated heterocycles. The third-order valence-electron chi connectivity index (χ3n) is 3.33. The van der Waals surface area contributed by atoms with Gasteiger partial charge in [-0.1, -0.05) is 12.1 Å². The summed E-state index contributed by atoms with van der Waals surface area (Å²) < 4.78 is 10.6. The van der Waals surface area contributed by atoms with Crippen LogP contribution in [0.3, 0.4) is 0 Å². The standard InChI is InChI=1S/C15H23NO4/c1-11(9-15(2,16-3)14(18)19-4)20-13-7-5-12(10-17)6-8-13/h5-8,11,16-17H,9-10H2,1-4H3. The Morgan fingerprint density at radius 2 is 2.00 bits per heavy atom. The van der Waals surface area contributed by atoms with Crippen molar-refractivity contribution in [2.45, 2.75) is 38.5 Å². The first-order chi connectivity index (χ1) is 9.45. The van der Waals surface area contributed by atoms with Crippen LogP contribution < -0.4 is 10.1 Å². The Kier molecular flexibility index (Phi) is 5.98. The van der Waals surface area contributed by atoms with Crippen molar-refractivity contribution in [2.24, 2.45) is 0 Å². The molecule has 0 fully saturated rings. The number of rotatable bonds is 7. The second kappa shape index (κ2) is 7.26. The third kappa shape index (κ3) is 4.21. The van der Waals surface area contributed by atoms with E-state index in [9.17, 15) is 4.79 Å². The van der Waals surface area contributed by atoms with Crippen molar-refractivity contribution in [1.29, 1.82) is 0 Å². The summed E-state index contributed by atoms with van der Waals surface area (Å²) in [6, 6.07) is 7.22. The van der Waals surface area contributed by atoms with E-state index in [0.29, 0.717) is 12.2 Å². The first kappa shape index (κ1) is 16.5. The van der Waals surface area contributed by atoms with E-state index in [1.54, 1.807) is 38.2 Å². The zero-order chi connectivity index (χ0) is 15.2. The lowest BCUT2D eigenvalue weighted by molar-refractivity contribution is -0.148. The third-order valence-corrected chi connectivity index (χ3v) is 3.33. The van der Waals surface area contributed by atoms with Crippen molar-refractivity contribution in [1.82, 2.24) is 5.32 Å². The molecule has 1 aromatic carbocycles. The van der Waals surface area contributed by atoms with E-state index in [0.717, 1.165) is 5.56 Å². The SMILES string of the molecule is CNC(C)(CC(C)Oc1ccc(CO)cc1)C(=O)OC. The molecule has 20 heavy (non-hydrogen) atoms. The van der Waals surface area contributed by atoms with E-state index in [-0.39, 0.29) is 18.7 Å². The molecule has 5 nitrogen and oxygen atoms in total. The molecule has 0 aromatic heterocycles. The normalized spacial score (nSPS) is 15.2. The summed E-state index contributed by atoms with van der Waals surface area (Å²) in [6.07, 6.45) is 0.323. The van der Waals surface area contributed by atoms with E-state index >= 15 is 0 Å². The summed E-state index contributed by atoms with van der Waals surface area (Å²) in [6.45, 7) is 3.70. The Morgan fingerprint density at radius 3 is 2.45 bits per heavy atom. The van der Waals surface area contributed by atoms with Crippen LogP contribution in [0.15, 0.2) is 24.3 Å². The van der Waals surface area contributed by atoms with Crippen LogP contribution in [0.2, 0.25) is 0 Å². The number of aliphatic hydroxyl groups excluding tert-OH is 1. The molecule has 0 radical (unpaired) electrons. The maximum absolute atomic E-state index is 11.8. The van der Waals surface area contributed by atoms with Gasteiger partial charge in [-0.2, -0.15) is 0 Å². The zero-order valence-electron chi connectivity index (χ0n) is 12.5. The second-order valence-corrected chi connectivity index (χ2v) is 5.01. The quantitative estimate of drug-likeness (QED) is 0.741. The number of ether oxygens (including phenoxy) is 2. The number of likely N-dealkylation sites (N-methyl/N-ethyl adjacent to an activating group) is 1. The predicted molar refractivity (Wildman–Crippen MR) is 76.6 cm³/mol. The molecule has 0 bridgehead atoms. The van der Waals surface area contributed by atoms with Crippen LogP contribution in [-0.4, -0.2) is 36.9 Å². The van der Waals surface area contributed by atoms with Crippen LogP contribution in [0.25, 0.3) is 0 Å². The maximum Gasteiger partial charge on any atom is 0.325 e. The summed E-state index contributed by atoms with van der Waals surface area (Å²) in [4.78, 5) is 11.8. The molecule has 1 rings (SSSR count). The molecule has 0 spiro atoms. The minimum absolute atomic E-state index is 0.00992. The van der Waals surface area contributed by atoms with Crippen molar-refractivity contribution in [3.63, 3.8) is 0 Å². The summed E-state index contributed by atoms with van der Waals surface area (Å²) in [5, 5.41) is 12.0. The van der Waals surface area contributed by atoms with Gasteiger partial charge in [0.2, 0.25) is 0 Å². The van der Waals surface area contributed by atoms with Gasteiger partial charge in [-0.15, -0.1) is 0 Å². The van der Waals surface area contributed by atoms with Gasteiger partial charge in [-0.05, 0) is 38.6 Å². The first-order valence-electron chi connectivity index (χ1n) is 6.59.